The summed E-state index contributed by atoms with van der Waals surface area (Å²) in [4.78, 5) is 2.49. The second-order valence-corrected chi connectivity index (χ2v) is 3.67. The Morgan fingerprint density at radius 3 is 2.92 bits per heavy atom. The number of nitrogens with zero attached hydrogens (tertiary/aromatic N) is 1. The summed E-state index contributed by atoms with van der Waals surface area (Å²) in [6, 6.07) is 8.82. The molecule has 1 aliphatic rings. The fraction of sp³-hybridized carbons (Fsp3) is 0.500. The molecule has 1 heterocycles. The summed E-state index contributed by atoms with van der Waals surface area (Å²) < 4.78 is 0. The van der Waals surface area contributed by atoms with Crippen molar-refractivity contribution in [2.24, 2.45) is 0 Å². The van der Waals surface area contributed by atoms with Gasteiger partial charge in [-0.05, 0) is 37.8 Å². The van der Waals surface area contributed by atoms with E-state index in [-0.39, 0.29) is 0 Å². The van der Waals surface area contributed by atoms with Crippen LogP contribution in [-0.2, 0) is 6.42 Å². The van der Waals surface area contributed by atoms with Gasteiger partial charge in [-0.15, -0.1) is 0 Å². The summed E-state index contributed by atoms with van der Waals surface area (Å²) in [5, 5.41) is 0. The van der Waals surface area contributed by atoms with Gasteiger partial charge < -0.3 is 4.90 Å². The van der Waals surface area contributed by atoms with Crippen molar-refractivity contribution >= 4 is 5.69 Å². The van der Waals surface area contributed by atoms with E-state index in [1.165, 1.54) is 37.1 Å². The predicted molar refractivity (Wildman–Crippen MR) is 57.3 cm³/mol. The van der Waals surface area contributed by atoms with E-state index < -0.39 is 0 Å². The van der Waals surface area contributed by atoms with Gasteiger partial charge in [0.25, 0.3) is 0 Å². The highest BCUT2D eigenvalue weighted by molar-refractivity contribution is 5.54. The van der Waals surface area contributed by atoms with Crippen molar-refractivity contribution < 1.29 is 0 Å². The summed E-state index contributed by atoms with van der Waals surface area (Å²) >= 11 is 0. The third kappa shape index (κ3) is 1.69. The first kappa shape index (κ1) is 8.61. The first-order valence-corrected chi connectivity index (χ1v) is 5.24. The van der Waals surface area contributed by atoms with Crippen LogP contribution in [0, 0.1) is 0 Å². The van der Waals surface area contributed by atoms with Crippen LogP contribution in [0.25, 0.3) is 0 Å². The summed E-state index contributed by atoms with van der Waals surface area (Å²) in [7, 11) is 0. The number of hydrogen-bond acceptors (Lipinski definition) is 1. The summed E-state index contributed by atoms with van der Waals surface area (Å²) in [5.41, 5.74) is 2.99. The number of anilines is 1. The maximum absolute atomic E-state index is 2.49. The maximum atomic E-state index is 2.49. The van der Waals surface area contributed by atoms with Crippen LogP contribution in [-0.4, -0.2) is 13.1 Å². The number of fused-ring (bicyclic) bond motifs is 1. The molecule has 2 rings (SSSR count). The van der Waals surface area contributed by atoms with Gasteiger partial charge in [0.2, 0.25) is 0 Å². The highest BCUT2D eigenvalue weighted by Gasteiger charge is 2.12. The monoisotopic (exact) mass is 175 g/mol. The minimum atomic E-state index is 1.14. The van der Waals surface area contributed by atoms with E-state index in [1.54, 1.807) is 0 Å². The van der Waals surface area contributed by atoms with Crippen molar-refractivity contribution in [3.63, 3.8) is 0 Å². The molecule has 0 saturated carbocycles. The number of rotatable bonds is 1. The molecule has 0 N–H and O–H groups in total. The Balaban J connectivity index is 2.35. The Hall–Kier alpha value is -0.980. The van der Waals surface area contributed by atoms with Crippen LogP contribution in [0.15, 0.2) is 24.3 Å². The van der Waals surface area contributed by atoms with Crippen LogP contribution in [0.1, 0.15) is 25.3 Å². The number of hydrogen-bond donors (Lipinski definition) is 0. The summed E-state index contributed by atoms with van der Waals surface area (Å²) in [5.74, 6) is 0. The van der Waals surface area contributed by atoms with E-state index in [0.29, 0.717) is 0 Å². The fourth-order valence-corrected chi connectivity index (χ4v) is 2.10. The lowest BCUT2D eigenvalue weighted by molar-refractivity contribution is 0.727. The molecule has 0 unspecified atom stereocenters. The Labute approximate surface area is 80.4 Å². The van der Waals surface area contributed by atoms with Gasteiger partial charge >= 0.3 is 0 Å². The molecule has 13 heavy (non-hydrogen) atoms. The smallest absolute Gasteiger partial charge is 0.0398 e. The Bertz CT molecular complexity index is 280. The minimum absolute atomic E-state index is 1.14. The van der Waals surface area contributed by atoms with Crippen molar-refractivity contribution in [2.45, 2.75) is 26.2 Å². The number of aryl methyl sites for hydroxylation is 1. The van der Waals surface area contributed by atoms with E-state index >= 15 is 0 Å². The standard InChI is InChI=1S/C12H17N/c1-2-13-10-6-5-8-11-7-3-4-9-12(11)13/h3-4,7,9H,2,5-6,8,10H2,1H3. The van der Waals surface area contributed by atoms with E-state index in [0.717, 1.165) is 6.54 Å². The maximum Gasteiger partial charge on any atom is 0.0398 e. The zero-order chi connectivity index (χ0) is 9.10. The SMILES string of the molecule is CCN1CCCCc2ccccc21. The van der Waals surface area contributed by atoms with Gasteiger partial charge in [-0.25, -0.2) is 0 Å². The van der Waals surface area contributed by atoms with E-state index in [4.69, 9.17) is 0 Å². The Kier molecular flexibility index (Phi) is 2.53. The molecule has 1 aromatic rings. The lowest BCUT2D eigenvalue weighted by atomic mass is 10.1. The molecule has 0 radical (unpaired) electrons. The average molecular weight is 175 g/mol. The molecular weight excluding hydrogens is 158 g/mol. The van der Waals surface area contributed by atoms with Crippen molar-refractivity contribution in [3.05, 3.63) is 29.8 Å². The first-order chi connectivity index (χ1) is 6.42. The van der Waals surface area contributed by atoms with E-state index in [1.807, 2.05) is 0 Å². The van der Waals surface area contributed by atoms with Gasteiger partial charge in [0.05, 0.1) is 0 Å². The molecule has 0 aliphatic carbocycles. The zero-order valence-corrected chi connectivity index (χ0v) is 8.29. The zero-order valence-electron chi connectivity index (χ0n) is 8.29. The lowest BCUT2D eigenvalue weighted by Crippen LogP contribution is -2.23. The molecule has 0 saturated heterocycles. The van der Waals surface area contributed by atoms with Crippen LogP contribution in [0.4, 0.5) is 5.69 Å². The summed E-state index contributed by atoms with van der Waals surface area (Å²) in [6.45, 7) is 4.60. The third-order valence-corrected chi connectivity index (χ3v) is 2.84. The first-order valence-electron chi connectivity index (χ1n) is 5.24. The molecular formula is C12H17N. The average Bonchev–Trinajstić information content (AvgIpc) is 2.39. The molecule has 0 fully saturated rings. The number of para-hydroxylation sites is 1. The molecule has 70 valence electrons. The second kappa shape index (κ2) is 3.82. The summed E-state index contributed by atoms with van der Waals surface area (Å²) in [6.07, 6.45) is 3.93. The molecule has 1 nitrogen and oxygen atoms in total. The molecule has 0 bridgehead atoms. The van der Waals surface area contributed by atoms with Crippen LogP contribution < -0.4 is 4.90 Å². The molecule has 0 atom stereocenters. The second-order valence-electron chi connectivity index (χ2n) is 3.67. The topological polar surface area (TPSA) is 3.24 Å². The van der Waals surface area contributed by atoms with Crippen molar-refractivity contribution in [1.29, 1.82) is 0 Å². The number of benzene rings is 1. The van der Waals surface area contributed by atoms with Gasteiger partial charge in [0.1, 0.15) is 0 Å². The van der Waals surface area contributed by atoms with Gasteiger partial charge in [-0.2, -0.15) is 0 Å². The fourth-order valence-electron chi connectivity index (χ4n) is 2.10. The molecule has 1 aliphatic heterocycles. The quantitative estimate of drug-likeness (QED) is 0.634. The van der Waals surface area contributed by atoms with E-state index in [2.05, 4.69) is 36.1 Å². The predicted octanol–water partition coefficient (Wildman–Crippen LogP) is 2.85. The van der Waals surface area contributed by atoms with Crippen LogP contribution in [0.5, 0.6) is 0 Å². The Morgan fingerprint density at radius 2 is 2.08 bits per heavy atom. The van der Waals surface area contributed by atoms with Crippen LogP contribution >= 0.6 is 0 Å². The van der Waals surface area contributed by atoms with Gasteiger partial charge in [-0.3, -0.25) is 0 Å². The van der Waals surface area contributed by atoms with Gasteiger partial charge in [-0.1, -0.05) is 18.2 Å². The molecule has 1 heteroatoms. The van der Waals surface area contributed by atoms with Gasteiger partial charge in [0.15, 0.2) is 0 Å². The largest absolute Gasteiger partial charge is 0.372 e. The van der Waals surface area contributed by atoms with Crippen LogP contribution in [0.3, 0.4) is 0 Å². The third-order valence-electron chi connectivity index (χ3n) is 2.84. The van der Waals surface area contributed by atoms with Crippen LogP contribution in [0.2, 0.25) is 0 Å². The molecule has 0 spiro atoms. The van der Waals surface area contributed by atoms with Crippen molar-refractivity contribution in [3.8, 4) is 0 Å². The molecule has 1 aromatic carbocycles. The minimum Gasteiger partial charge on any atom is -0.372 e. The van der Waals surface area contributed by atoms with Crippen molar-refractivity contribution in [1.82, 2.24) is 0 Å². The lowest BCUT2D eigenvalue weighted by Gasteiger charge is -2.22. The molecule has 0 aromatic heterocycles. The normalized spacial score (nSPS) is 16.5. The Morgan fingerprint density at radius 1 is 1.23 bits per heavy atom. The van der Waals surface area contributed by atoms with E-state index in [9.17, 15) is 0 Å². The van der Waals surface area contributed by atoms with Gasteiger partial charge in [0, 0.05) is 18.8 Å². The highest BCUT2D eigenvalue weighted by atomic mass is 15.1. The highest BCUT2D eigenvalue weighted by Crippen LogP contribution is 2.25. The van der Waals surface area contributed by atoms with Crippen molar-refractivity contribution in [2.75, 3.05) is 18.0 Å². The molecule has 0 amide bonds.